The van der Waals surface area contributed by atoms with E-state index in [0.717, 1.165) is 24.8 Å². The highest BCUT2D eigenvalue weighted by Gasteiger charge is 2.53. The van der Waals surface area contributed by atoms with Crippen LogP contribution in [0.1, 0.15) is 139 Å². The summed E-state index contributed by atoms with van der Waals surface area (Å²) in [6, 6.07) is -1.12. The Morgan fingerprint density at radius 1 is 0.838 bits per heavy atom. The van der Waals surface area contributed by atoms with Gasteiger partial charge in [0.05, 0.1) is 43.7 Å². The number of aliphatic hydroxyl groups is 2. The maximum Gasteiger partial charge on any atom is 0.329 e. The van der Waals surface area contributed by atoms with Crippen LogP contribution in [-0.4, -0.2) is 133 Å². The molecule has 1 amide bonds. The second-order valence-corrected chi connectivity index (χ2v) is 20.3. The molecule has 68 heavy (non-hydrogen) atoms. The van der Waals surface area contributed by atoms with Gasteiger partial charge in [0.1, 0.15) is 23.7 Å². The van der Waals surface area contributed by atoms with Crippen molar-refractivity contribution in [2.24, 2.45) is 35.5 Å². The molecule has 1 saturated carbocycles. The third-order valence-corrected chi connectivity index (χ3v) is 14.9. The van der Waals surface area contributed by atoms with Crippen molar-refractivity contribution in [2.75, 3.05) is 40.6 Å². The number of ether oxygens (including phenoxy) is 6. The molecule has 0 radical (unpaired) electrons. The van der Waals surface area contributed by atoms with Gasteiger partial charge in [-0.3, -0.25) is 19.2 Å². The van der Waals surface area contributed by atoms with Crippen LogP contribution in [-0.2, 0) is 52.4 Å². The second kappa shape index (κ2) is 27.9. The smallest absolute Gasteiger partial charge is 0.329 e. The lowest BCUT2D eigenvalue weighted by Crippen LogP contribution is -2.61. The van der Waals surface area contributed by atoms with Crippen LogP contribution in [0.25, 0.3) is 0 Å². The molecule has 14 atom stereocenters. The number of fused-ring (bicyclic) bond motifs is 3. The molecule has 2 N–H and O–H groups in total. The van der Waals surface area contributed by atoms with Gasteiger partial charge in [-0.05, 0) is 114 Å². The van der Waals surface area contributed by atoms with Crippen molar-refractivity contribution < 1.29 is 62.6 Å². The van der Waals surface area contributed by atoms with Crippen LogP contribution >= 0.6 is 0 Å². The fourth-order valence-corrected chi connectivity index (χ4v) is 10.4. The van der Waals surface area contributed by atoms with Gasteiger partial charge < -0.3 is 43.5 Å². The van der Waals surface area contributed by atoms with Gasteiger partial charge in [-0.15, -0.1) is 0 Å². The monoisotopic (exact) mass is 956 g/mol. The van der Waals surface area contributed by atoms with Crippen LogP contribution in [0.15, 0.2) is 47.6 Å². The van der Waals surface area contributed by atoms with E-state index in [1.54, 1.807) is 41.1 Å². The maximum absolute atomic E-state index is 14.5. The molecule has 14 nitrogen and oxygen atoms in total. The molecule has 14 heteroatoms. The third-order valence-electron chi connectivity index (χ3n) is 14.9. The zero-order valence-electron chi connectivity index (χ0n) is 42.8. The number of piperidine rings is 1. The number of rotatable bonds is 10. The molecule has 3 aliphatic heterocycles. The minimum atomic E-state index is -2.42. The summed E-state index contributed by atoms with van der Waals surface area (Å²) in [7, 11) is 3.27. The lowest BCUT2D eigenvalue weighted by Gasteiger charge is -2.42. The number of esters is 1. The number of hydrogen-bond acceptors (Lipinski definition) is 13. The standard InChI is InChI=1S/C54H85NO13/c1-11-65-25-26-66-47-23-21-41(30-50(47)64-10)29-39(7)49-33-46(58)38(6)28-37(5)45(57)32-44(56)36(4)27-34(2)17-13-12-14-18-35(3)48(63-9)31-42-22-20-40(8)54(62,68-42)51(59)52(60)55-24-16-15-19-43(55)53(61)67-49/h12-14,17-18,28,34,36,38-43,45,47-50,57,62H,11,15-16,19-27,29-33H2,1-10H3/b14-12+,17-13+,35-18+,37-28+/t34-,36-,38-,39-,40-,41+,42+,43+,45+,47-,48+,49+,50-,54-/m1/s1. The lowest BCUT2D eigenvalue weighted by atomic mass is 9.78. The molecule has 0 aromatic heterocycles. The average Bonchev–Trinajstić information content (AvgIpc) is 3.31. The van der Waals surface area contributed by atoms with Crippen molar-refractivity contribution in [3.63, 3.8) is 0 Å². The average molecular weight is 956 g/mol. The molecular weight excluding hydrogens is 871 g/mol. The van der Waals surface area contributed by atoms with Gasteiger partial charge in [-0.1, -0.05) is 71.1 Å². The first-order chi connectivity index (χ1) is 32.3. The molecule has 0 spiro atoms. The number of amides is 1. The Hall–Kier alpha value is -3.37. The fraction of sp³-hybridized carbons (Fsp3) is 0.759. The van der Waals surface area contributed by atoms with Gasteiger partial charge in [0.2, 0.25) is 5.79 Å². The Bertz CT molecular complexity index is 1790. The molecule has 2 saturated heterocycles. The minimum Gasteiger partial charge on any atom is -0.460 e. The summed E-state index contributed by atoms with van der Waals surface area (Å²) in [5.74, 6) is -7.24. The van der Waals surface area contributed by atoms with Gasteiger partial charge in [-0.25, -0.2) is 4.79 Å². The molecule has 4 aliphatic rings. The SMILES string of the molecule is CCOCCO[C@@H]1CC[C@@H](C[C@@H](C)[C@@H]2CC(=O)[C@H](C)/C=C(\C)[C@@H](O)CC(=O)[C@H](C)C[C@H](C)/C=C/C=C/C=C(\C)[C@@H](OC)C[C@@H]3CC[C@@H](C)[C@@](O)(O3)C(=O)C(=O)N3CCCC[C@H]3C(=O)O2)C[C@H]1OC. The van der Waals surface area contributed by atoms with E-state index in [4.69, 9.17) is 28.4 Å². The summed E-state index contributed by atoms with van der Waals surface area (Å²) in [5.41, 5.74) is 1.40. The lowest BCUT2D eigenvalue weighted by molar-refractivity contribution is -0.265. The summed E-state index contributed by atoms with van der Waals surface area (Å²) in [6.45, 7) is 16.6. The zero-order chi connectivity index (χ0) is 50.1. The van der Waals surface area contributed by atoms with Crippen molar-refractivity contribution in [3.05, 3.63) is 47.6 Å². The molecule has 0 unspecified atom stereocenters. The number of methoxy groups -OCH3 is 2. The van der Waals surface area contributed by atoms with Crippen LogP contribution < -0.4 is 0 Å². The van der Waals surface area contributed by atoms with Gasteiger partial charge >= 0.3 is 5.97 Å². The Balaban J connectivity index is 1.65. The molecule has 0 aromatic carbocycles. The molecule has 2 bridgehead atoms. The normalized spacial score (nSPS) is 38.1. The van der Waals surface area contributed by atoms with E-state index in [1.807, 2.05) is 65.0 Å². The van der Waals surface area contributed by atoms with Crippen molar-refractivity contribution >= 4 is 29.2 Å². The first-order valence-electron chi connectivity index (χ1n) is 25.5. The van der Waals surface area contributed by atoms with Crippen LogP contribution in [0.2, 0.25) is 0 Å². The van der Waals surface area contributed by atoms with E-state index in [2.05, 4.69) is 0 Å². The predicted octanol–water partition coefficient (Wildman–Crippen LogP) is 7.62. The van der Waals surface area contributed by atoms with E-state index in [9.17, 15) is 34.2 Å². The first kappa shape index (κ1) is 57.2. The van der Waals surface area contributed by atoms with Crippen molar-refractivity contribution in [2.45, 2.75) is 187 Å². The van der Waals surface area contributed by atoms with Crippen LogP contribution in [0, 0.1) is 35.5 Å². The second-order valence-electron chi connectivity index (χ2n) is 20.3. The number of carbonyl (C=O) groups is 5. The molecule has 0 aromatic rings. The summed E-state index contributed by atoms with van der Waals surface area (Å²) >= 11 is 0. The summed E-state index contributed by atoms with van der Waals surface area (Å²) in [4.78, 5) is 71.7. The Labute approximate surface area is 406 Å². The molecule has 1 aliphatic carbocycles. The van der Waals surface area contributed by atoms with Crippen molar-refractivity contribution in [3.8, 4) is 0 Å². The van der Waals surface area contributed by atoms with E-state index in [1.165, 1.54) is 4.90 Å². The molecule has 3 fully saturated rings. The van der Waals surface area contributed by atoms with Crippen LogP contribution in [0.3, 0.4) is 0 Å². The largest absolute Gasteiger partial charge is 0.460 e. The Morgan fingerprint density at radius 3 is 2.29 bits per heavy atom. The molecular formula is C54H85NO13. The zero-order valence-corrected chi connectivity index (χ0v) is 42.8. The minimum absolute atomic E-state index is 0.0671. The quantitative estimate of drug-likeness (QED) is 0.0945. The van der Waals surface area contributed by atoms with Crippen molar-refractivity contribution in [1.82, 2.24) is 4.90 Å². The van der Waals surface area contributed by atoms with Crippen molar-refractivity contribution in [1.29, 1.82) is 0 Å². The Kier molecular flexibility index (Phi) is 23.4. The van der Waals surface area contributed by atoms with E-state index < -0.39 is 65.7 Å². The highest BCUT2D eigenvalue weighted by Crippen LogP contribution is 2.38. The van der Waals surface area contributed by atoms with Gasteiger partial charge in [-0.2, -0.15) is 0 Å². The number of carbonyl (C=O) groups excluding carboxylic acids is 5. The number of allylic oxidation sites excluding steroid dienone is 6. The number of aliphatic hydroxyl groups excluding tert-OH is 1. The predicted molar refractivity (Wildman–Crippen MR) is 259 cm³/mol. The summed E-state index contributed by atoms with van der Waals surface area (Å²) < 4.78 is 35.8. The summed E-state index contributed by atoms with van der Waals surface area (Å²) in [5, 5.41) is 23.1. The maximum atomic E-state index is 14.5. The number of nitrogens with zero attached hydrogens (tertiary/aromatic N) is 1. The molecule has 4 rings (SSSR count). The van der Waals surface area contributed by atoms with E-state index in [-0.39, 0.29) is 73.3 Å². The van der Waals surface area contributed by atoms with Gasteiger partial charge in [0.15, 0.2) is 0 Å². The number of Topliss-reactive ketones (excluding diaryl/α,β-unsaturated/α-hetero) is 3. The van der Waals surface area contributed by atoms with Gasteiger partial charge in [0, 0.05) is 64.4 Å². The summed E-state index contributed by atoms with van der Waals surface area (Å²) in [6.07, 6.45) is 14.2. The van der Waals surface area contributed by atoms with Crippen LogP contribution in [0.4, 0.5) is 0 Å². The Morgan fingerprint density at radius 2 is 1.59 bits per heavy atom. The third kappa shape index (κ3) is 16.3. The first-order valence-corrected chi connectivity index (χ1v) is 25.5. The highest BCUT2D eigenvalue weighted by molar-refractivity contribution is 6.39. The fourth-order valence-electron chi connectivity index (χ4n) is 10.4. The number of cyclic esters (lactones) is 1. The van der Waals surface area contributed by atoms with E-state index >= 15 is 0 Å². The number of ketones is 3. The van der Waals surface area contributed by atoms with E-state index in [0.29, 0.717) is 70.3 Å². The topological polar surface area (TPSA) is 184 Å². The molecule has 384 valence electrons. The molecule has 3 heterocycles. The number of hydrogen-bond donors (Lipinski definition) is 2. The van der Waals surface area contributed by atoms with Crippen LogP contribution in [0.5, 0.6) is 0 Å². The van der Waals surface area contributed by atoms with Gasteiger partial charge in [0.25, 0.3) is 11.7 Å². The highest BCUT2D eigenvalue weighted by atomic mass is 16.6.